The van der Waals surface area contributed by atoms with Crippen LogP contribution in [0.1, 0.15) is 11.1 Å². The summed E-state index contributed by atoms with van der Waals surface area (Å²) >= 11 is 2.91. The maximum Gasteiger partial charge on any atom is 0.268 e. The van der Waals surface area contributed by atoms with E-state index in [2.05, 4.69) is 10.3 Å². The number of nitriles is 1. The van der Waals surface area contributed by atoms with Crippen LogP contribution in [0.2, 0.25) is 0 Å². The highest BCUT2D eigenvalue weighted by atomic mass is 32.1. The summed E-state index contributed by atoms with van der Waals surface area (Å²) in [5.74, 6) is 0.229. The fraction of sp³-hybridized carbons (Fsp3) is 0.0417. The van der Waals surface area contributed by atoms with E-state index in [0.29, 0.717) is 17.5 Å². The third kappa shape index (κ3) is 5.45. The Balaban J connectivity index is 1.39. The monoisotopic (exact) mass is 443 g/mol. The number of nitrogens with one attached hydrogen (secondary N) is 1. The molecule has 0 aliphatic heterocycles. The van der Waals surface area contributed by atoms with Gasteiger partial charge in [-0.1, -0.05) is 48.5 Å². The Hall–Kier alpha value is -3.73. The molecule has 152 valence electrons. The molecule has 0 saturated carbocycles. The van der Waals surface area contributed by atoms with Gasteiger partial charge in [0, 0.05) is 5.38 Å². The molecule has 1 N–H and O–H groups in total. The summed E-state index contributed by atoms with van der Waals surface area (Å²) in [4.78, 5) is 18.0. The molecule has 0 saturated heterocycles. The molecule has 0 bridgehead atoms. The van der Waals surface area contributed by atoms with Crippen LogP contribution in [0.4, 0.5) is 5.13 Å². The summed E-state index contributed by atoms with van der Waals surface area (Å²) < 4.78 is 5.77. The highest BCUT2D eigenvalue weighted by Gasteiger charge is 2.13. The molecule has 0 spiro atoms. The standard InChI is InChI=1S/C24H17N3O2S2/c25-14-19(23(28)27-24-26-21(16-31-24)22-7-4-12-30-22)13-17-8-10-20(11-9-17)29-15-18-5-2-1-3-6-18/h1-13,16H,15H2,(H,26,27,28)/b19-13+. The summed E-state index contributed by atoms with van der Waals surface area (Å²) in [7, 11) is 0. The highest BCUT2D eigenvalue weighted by molar-refractivity contribution is 7.16. The van der Waals surface area contributed by atoms with Crippen molar-refractivity contribution in [3.8, 4) is 22.4 Å². The highest BCUT2D eigenvalue weighted by Crippen LogP contribution is 2.28. The zero-order valence-corrected chi connectivity index (χ0v) is 18.0. The SMILES string of the molecule is N#C/C(=C\c1ccc(OCc2ccccc2)cc1)C(=O)Nc1nc(-c2cccs2)cs1. The van der Waals surface area contributed by atoms with E-state index in [4.69, 9.17) is 4.74 Å². The molecule has 5 nitrogen and oxygen atoms in total. The Morgan fingerprint density at radius 1 is 1.06 bits per heavy atom. The van der Waals surface area contributed by atoms with E-state index in [9.17, 15) is 10.1 Å². The molecule has 0 unspecified atom stereocenters. The van der Waals surface area contributed by atoms with Crippen LogP contribution in [-0.4, -0.2) is 10.9 Å². The number of thiophene rings is 1. The molecule has 0 aliphatic rings. The predicted octanol–water partition coefficient (Wildman–Crippen LogP) is 6.00. The summed E-state index contributed by atoms with van der Waals surface area (Å²) in [6.45, 7) is 0.475. The van der Waals surface area contributed by atoms with Crippen molar-refractivity contribution in [2.24, 2.45) is 0 Å². The van der Waals surface area contributed by atoms with Gasteiger partial charge in [-0.2, -0.15) is 5.26 Å². The molecule has 2 aromatic heterocycles. The number of hydrogen-bond donors (Lipinski definition) is 1. The molecule has 31 heavy (non-hydrogen) atoms. The molecule has 0 aliphatic carbocycles. The van der Waals surface area contributed by atoms with Gasteiger partial charge in [0.05, 0.1) is 10.6 Å². The zero-order valence-electron chi connectivity index (χ0n) is 16.3. The minimum atomic E-state index is -0.487. The Bertz CT molecular complexity index is 1220. The lowest BCUT2D eigenvalue weighted by Gasteiger charge is -2.06. The number of rotatable bonds is 7. The number of hydrogen-bond acceptors (Lipinski definition) is 6. The second kappa shape index (κ2) is 9.85. The maximum absolute atomic E-state index is 12.5. The second-order valence-corrected chi connectivity index (χ2v) is 8.29. The average Bonchev–Trinajstić information content (AvgIpc) is 3.49. The first-order valence-corrected chi connectivity index (χ1v) is 11.2. The third-order valence-corrected chi connectivity index (χ3v) is 5.95. The molecule has 4 rings (SSSR count). The van der Waals surface area contributed by atoms with Gasteiger partial charge < -0.3 is 4.74 Å². The quantitative estimate of drug-likeness (QED) is 0.281. The first-order valence-electron chi connectivity index (χ1n) is 9.40. The van der Waals surface area contributed by atoms with Crippen LogP contribution in [-0.2, 0) is 11.4 Å². The van der Waals surface area contributed by atoms with Gasteiger partial charge >= 0.3 is 0 Å². The zero-order chi connectivity index (χ0) is 21.5. The normalized spacial score (nSPS) is 11.0. The van der Waals surface area contributed by atoms with Crippen LogP contribution in [0.25, 0.3) is 16.6 Å². The van der Waals surface area contributed by atoms with Gasteiger partial charge in [-0.25, -0.2) is 4.98 Å². The van der Waals surface area contributed by atoms with Crippen LogP contribution >= 0.6 is 22.7 Å². The minimum Gasteiger partial charge on any atom is -0.489 e. The van der Waals surface area contributed by atoms with E-state index < -0.39 is 5.91 Å². The summed E-state index contributed by atoms with van der Waals surface area (Å²) in [5, 5.41) is 16.5. The molecular weight excluding hydrogens is 426 g/mol. The van der Waals surface area contributed by atoms with E-state index in [0.717, 1.165) is 21.7 Å². The lowest BCUT2D eigenvalue weighted by Crippen LogP contribution is -2.13. The van der Waals surface area contributed by atoms with Crippen LogP contribution in [0.3, 0.4) is 0 Å². The number of anilines is 1. The van der Waals surface area contributed by atoms with Gasteiger partial charge in [-0.15, -0.1) is 22.7 Å². The topological polar surface area (TPSA) is 75.0 Å². The van der Waals surface area contributed by atoms with Crippen LogP contribution < -0.4 is 10.1 Å². The van der Waals surface area contributed by atoms with Crippen molar-refractivity contribution in [3.63, 3.8) is 0 Å². The van der Waals surface area contributed by atoms with E-state index in [-0.39, 0.29) is 5.57 Å². The van der Waals surface area contributed by atoms with Crippen molar-refractivity contribution in [2.45, 2.75) is 6.61 Å². The van der Waals surface area contributed by atoms with E-state index in [1.165, 1.54) is 11.3 Å². The van der Waals surface area contributed by atoms with Gasteiger partial charge in [0.1, 0.15) is 24.0 Å². The molecule has 4 aromatic rings. The van der Waals surface area contributed by atoms with Crippen molar-refractivity contribution in [1.29, 1.82) is 5.26 Å². The van der Waals surface area contributed by atoms with Crippen molar-refractivity contribution in [3.05, 3.63) is 94.2 Å². The largest absolute Gasteiger partial charge is 0.489 e. The second-order valence-electron chi connectivity index (χ2n) is 6.48. The van der Waals surface area contributed by atoms with Crippen LogP contribution in [0.15, 0.2) is 83.1 Å². The average molecular weight is 444 g/mol. The van der Waals surface area contributed by atoms with Crippen molar-refractivity contribution < 1.29 is 9.53 Å². The predicted molar refractivity (Wildman–Crippen MR) is 125 cm³/mol. The number of thiazole rings is 1. The van der Waals surface area contributed by atoms with Gasteiger partial charge in [0.2, 0.25) is 0 Å². The lowest BCUT2D eigenvalue weighted by molar-refractivity contribution is -0.112. The van der Waals surface area contributed by atoms with E-state index in [1.807, 2.05) is 83.6 Å². The fourth-order valence-electron chi connectivity index (χ4n) is 2.75. The third-order valence-electron chi connectivity index (χ3n) is 4.30. The number of nitrogens with zero attached hydrogens (tertiary/aromatic N) is 2. The first kappa shape index (κ1) is 20.5. The fourth-order valence-corrected chi connectivity index (χ4v) is 4.22. The summed E-state index contributed by atoms with van der Waals surface area (Å²) in [6.07, 6.45) is 1.55. The van der Waals surface area contributed by atoms with Gasteiger partial charge in [-0.3, -0.25) is 10.1 Å². The molecular formula is C24H17N3O2S2. The summed E-state index contributed by atoms with van der Waals surface area (Å²) in [6, 6.07) is 23.0. The van der Waals surface area contributed by atoms with Crippen molar-refractivity contribution >= 4 is 39.8 Å². The van der Waals surface area contributed by atoms with Crippen LogP contribution in [0, 0.1) is 11.3 Å². The number of carbonyl (C=O) groups is 1. The first-order chi connectivity index (χ1) is 15.2. The molecule has 0 fully saturated rings. The Morgan fingerprint density at radius 3 is 2.58 bits per heavy atom. The van der Waals surface area contributed by atoms with Gasteiger partial charge in [0.25, 0.3) is 5.91 Å². The lowest BCUT2D eigenvalue weighted by atomic mass is 10.1. The number of benzene rings is 2. The molecule has 2 heterocycles. The molecule has 0 atom stereocenters. The minimum absolute atomic E-state index is 0.00540. The number of ether oxygens (including phenoxy) is 1. The molecule has 1 amide bonds. The summed E-state index contributed by atoms with van der Waals surface area (Å²) in [5.41, 5.74) is 2.63. The Morgan fingerprint density at radius 2 is 1.87 bits per heavy atom. The number of aromatic nitrogens is 1. The van der Waals surface area contributed by atoms with Gasteiger partial charge in [-0.05, 0) is 40.8 Å². The Kier molecular flexibility index (Phi) is 6.53. The smallest absolute Gasteiger partial charge is 0.268 e. The molecule has 7 heteroatoms. The van der Waals surface area contributed by atoms with Crippen molar-refractivity contribution in [2.75, 3.05) is 5.32 Å². The van der Waals surface area contributed by atoms with Gasteiger partial charge in [0.15, 0.2) is 5.13 Å². The number of carbonyl (C=O) groups excluding carboxylic acids is 1. The van der Waals surface area contributed by atoms with Crippen LogP contribution in [0.5, 0.6) is 5.75 Å². The Labute approximate surface area is 187 Å². The molecule has 2 aromatic carbocycles. The van der Waals surface area contributed by atoms with E-state index >= 15 is 0 Å². The molecule has 0 radical (unpaired) electrons. The van der Waals surface area contributed by atoms with E-state index in [1.54, 1.807) is 17.4 Å². The maximum atomic E-state index is 12.5. The van der Waals surface area contributed by atoms with Crippen molar-refractivity contribution in [1.82, 2.24) is 4.98 Å². The number of amides is 1.